The SMILES string of the molecule is O=C(CN1C(=O)NC2(CCCCCCC2)C1=O)Nc1ccc2ccccc2c1. The second kappa shape index (κ2) is 7.62. The molecule has 146 valence electrons. The number of hydrogen-bond acceptors (Lipinski definition) is 3. The fraction of sp³-hybridized carbons (Fsp3) is 0.409. The molecule has 1 heterocycles. The van der Waals surface area contributed by atoms with E-state index in [-0.39, 0.29) is 18.4 Å². The van der Waals surface area contributed by atoms with Gasteiger partial charge >= 0.3 is 6.03 Å². The number of amides is 4. The first-order valence-corrected chi connectivity index (χ1v) is 10.0. The third-order valence-corrected chi connectivity index (χ3v) is 5.79. The molecule has 6 nitrogen and oxygen atoms in total. The first-order chi connectivity index (χ1) is 13.6. The highest BCUT2D eigenvalue weighted by molar-refractivity contribution is 6.10. The number of hydrogen-bond donors (Lipinski definition) is 2. The van der Waals surface area contributed by atoms with Gasteiger partial charge in [-0.3, -0.25) is 14.5 Å². The van der Waals surface area contributed by atoms with E-state index in [2.05, 4.69) is 10.6 Å². The molecule has 0 aromatic heterocycles. The summed E-state index contributed by atoms with van der Waals surface area (Å²) < 4.78 is 0. The molecule has 2 N–H and O–H groups in total. The van der Waals surface area contributed by atoms with Crippen LogP contribution in [0.3, 0.4) is 0 Å². The van der Waals surface area contributed by atoms with Crippen LogP contribution in [0.15, 0.2) is 42.5 Å². The highest BCUT2D eigenvalue weighted by atomic mass is 16.2. The molecular formula is C22H25N3O3. The zero-order chi connectivity index (χ0) is 19.6. The molecule has 1 saturated carbocycles. The molecule has 28 heavy (non-hydrogen) atoms. The van der Waals surface area contributed by atoms with Gasteiger partial charge in [0.15, 0.2) is 0 Å². The number of carbonyl (C=O) groups excluding carboxylic acids is 3. The van der Waals surface area contributed by atoms with Crippen molar-refractivity contribution < 1.29 is 14.4 Å². The van der Waals surface area contributed by atoms with E-state index in [0.717, 1.165) is 41.4 Å². The molecule has 0 bridgehead atoms. The minimum atomic E-state index is -0.819. The van der Waals surface area contributed by atoms with Crippen LogP contribution in [0, 0.1) is 0 Å². The number of fused-ring (bicyclic) bond motifs is 1. The number of carbonyl (C=O) groups is 3. The minimum absolute atomic E-state index is 0.256. The van der Waals surface area contributed by atoms with E-state index in [1.807, 2.05) is 42.5 Å². The number of urea groups is 1. The maximum Gasteiger partial charge on any atom is 0.325 e. The normalized spacial score (nSPS) is 19.4. The summed E-state index contributed by atoms with van der Waals surface area (Å²) in [5, 5.41) is 7.79. The monoisotopic (exact) mass is 379 g/mol. The Morgan fingerprint density at radius 3 is 2.39 bits per heavy atom. The summed E-state index contributed by atoms with van der Waals surface area (Å²) in [4.78, 5) is 39.0. The molecule has 1 aliphatic heterocycles. The molecule has 0 unspecified atom stereocenters. The number of nitrogens with one attached hydrogen (secondary N) is 2. The van der Waals surface area contributed by atoms with Crippen molar-refractivity contribution in [3.63, 3.8) is 0 Å². The molecule has 2 aliphatic rings. The summed E-state index contributed by atoms with van der Waals surface area (Å²) in [7, 11) is 0. The fourth-order valence-corrected chi connectivity index (χ4v) is 4.28. The van der Waals surface area contributed by atoms with Gasteiger partial charge in [-0.2, -0.15) is 0 Å². The Labute approximate surface area is 164 Å². The lowest BCUT2D eigenvalue weighted by molar-refractivity contribution is -0.134. The number of anilines is 1. The number of imide groups is 1. The topological polar surface area (TPSA) is 78.5 Å². The van der Waals surface area contributed by atoms with Crippen molar-refractivity contribution in [1.82, 2.24) is 10.2 Å². The maximum atomic E-state index is 13.0. The molecule has 0 radical (unpaired) electrons. The van der Waals surface area contributed by atoms with Gasteiger partial charge in [0.2, 0.25) is 5.91 Å². The van der Waals surface area contributed by atoms with E-state index < -0.39 is 11.6 Å². The Morgan fingerprint density at radius 2 is 1.64 bits per heavy atom. The average Bonchev–Trinajstić information content (AvgIpc) is 2.89. The summed E-state index contributed by atoms with van der Waals surface area (Å²) in [5.41, 5.74) is -0.169. The highest BCUT2D eigenvalue weighted by Gasteiger charge is 2.50. The number of nitrogens with zero attached hydrogens (tertiary/aromatic N) is 1. The van der Waals surface area contributed by atoms with Crippen LogP contribution < -0.4 is 10.6 Å². The zero-order valence-corrected chi connectivity index (χ0v) is 15.9. The van der Waals surface area contributed by atoms with Crippen molar-refractivity contribution in [3.8, 4) is 0 Å². The molecule has 2 aromatic rings. The lowest BCUT2D eigenvalue weighted by atomic mass is 9.84. The van der Waals surface area contributed by atoms with Gasteiger partial charge in [0.1, 0.15) is 12.1 Å². The van der Waals surface area contributed by atoms with E-state index in [1.165, 1.54) is 6.42 Å². The highest BCUT2D eigenvalue weighted by Crippen LogP contribution is 2.32. The van der Waals surface area contributed by atoms with Crippen molar-refractivity contribution in [3.05, 3.63) is 42.5 Å². The Balaban J connectivity index is 1.44. The van der Waals surface area contributed by atoms with Crippen LogP contribution in [-0.2, 0) is 9.59 Å². The van der Waals surface area contributed by atoms with Gasteiger partial charge in [0.05, 0.1) is 0 Å². The second-order valence-corrected chi connectivity index (χ2v) is 7.78. The maximum absolute atomic E-state index is 13.0. The summed E-state index contributed by atoms with van der Waals surface area (Å²) in [6, 6.07) is 13.1. The third-order valence-electron chi connectivity index (χ3n) is 5.79. The smallest absolute Gasteiger partial charge is 0.325 e. The minimum Gasteiger partial charge on any atom is -0.325 e. The predicted molar refractivity (Wildman–Crippen MR) is 108 cm³/mol. The summed E-state index contributed by atoms with van der Waals surface area (Å²) >= 11 is 0. The molecule has 4 amide bonds. The Morgan fingerprint density at radius 1 is 0.964 bits per heavy atom. The van der Waals surface area contributed by atoms with Gasteiger partial charge in [-0.25, -0.2) is 4.79 Å². The fourth-order valence-electron chi connectivity index (χ4n) is 4.28. The lowest BCUT2D eigenvalue weighted by Gasteiger charge is -2.28. The molecule has 1 saturated heterocycles. The van der Waals surface area contributed by atoms with Crippen molar-refractivity contribution in [2.45, 2.75) is 50.5 Å². The van der Waals surface area contributed by atoms with E-state index >= 15 is 0 Å². The summed E-state index contributed by atoms with van der Waals surface area (Å²) in [5.74, 6) is -0.630. The second-order valence-electron chi connectivity index (χ2n) is 7.78. The molecule has 1 aliphatic carbocycles. The van der Waals surface area contributed by atoms with E-state index in [4.69, 9.17) is 0 Å². The molecular weight excluding hydrogens is 354 g/mol. The summed E-state index contributed by atoms with van der Waals surface area (Å²) in [6.45, 7) is -0.265. The van der Waals surface area contributed by atoms with Gasteiger partial charge in [-0.05, 0) is 35.7 Å². The van der Waals surface area contributed by atoms with E-state index in [1.54, 1.807) is 0 Å². The molecule has 2 aromatic carbocycles. The number of rotatable bonds is 3. The van der Waals surface area contributed by atoms with Gasteiger partial charge in [-0.15, -0.1) is 0 Å². The lowest BCUT2D eigenvalue weighted by Crippen LogP contribution is -2.47. The third kappa shape index (κ3) is 3.59. The van der Waals surface area contributed by atoms with E-state index in [9.17, 15) is 14.4 Å². The van der Waals surface area contributed by atoms with Crippen LogP contribution in [-0.4, -0.2) is 34.8 Å². The van der Waals surface area contributed by atoms with Crippen LogP contribution in [0.4, 0.5) is 10.5 Å². The Bertz CT molecular complexity index is 916. The quantitative estimate of drug-likeness (QED) is 0.796. The van der Waals surface area contributed by atoms with Gasteiger partial charge in [0, 0.05) is 5.69 Å². The largest absolute Gasteiger partial charge is 0.325 e. The van der Waals surface area contributed by atoms with Crippen LogP contribution >= 0.6 is 0 Å². The van der Waals surface area contributed by atoms with Crippen molar-refractivity contribution in [1.29, 1.82) is 0 Å². The number of benzene rings is 2. The first-order valence-electron chi connectivity index (χ1n) is 10.0. The predicted octanol–water partition coefficient (Wildman–Crippen LogP) is 3.81. The molecule has 4 rings (SSSR count). The van der Waals surface area contributed by atoms with Crippen LogP contribution in [0.1, 0.15) is 44.9 Å². The molecule has 1 spiro atoms. The van der Waals surface area contributed by atoms with Crippen molar-refractivity contribution >= 4 is 34.3 Å². The van der Waals surface area contributed by atoms with Crippen molar-refractivity contribution in [2.75, 3.05) is 11.9 Å². The van der Waals surface area contributed by atoms with Crippen molar-refractivity contribution in [2.24, 2.45) is 0 Å². The molecule has 0 atom stereocenters. The van der Waals surface area contributed by atoms with E-state index in [0.29, 0.717) is 18.5 Å². The zero-order valence-electron chi connectivity index (χ0n) is 15.9. The standard InChI is InChI=1S/C22H25N3O3/c26-19(23-18-11-10-16-8-4-5-9-17(16)14-18)15-25-20(27)22(24-21(25)28)12-6-2-1-3-7-13-22/h4-5,8-11,14H,1-3,6-7,12-13,15H2,(H,23,26)(H,24,28). The first kappa shape index (κ1) is 18.5. The van der Waals surface area contributed by atoms with Gasteiger partial charge in [0.25, 0.3) is 5.91 Å². The van der Waals surface area contributed by atoms with Gasteiger partial charge < -0.3 is 10.6 Å². The summed E-state index contributed by atoms with van der Waals surface area (Å²) in [6.07, 6.45) is 6.48. The Hall–Kier alpha value is -2.89. The van der Waals surface area contributed by atoms with Crippen LogP contribution in [0.25, 0.3) is 10.8 Å². The molecule has 6 heteroatoms. The average molecular weight is 379 g/mol. The van der Waals surface area contributed by atoms with Crippen LogP contribution in [0.2, 0.25) is 0 Å². The van der Waals surface area contributed by atoms with Crippen LogP contribution in [0.5, 0.6) is 0 Å². The Kier molecular flexibility index (Phi) is 5.03. The van der Waals surface area contributed by atoms with Gasteiger partial charge in [-0.1, -0.05) is 62.4 Å². The molecule has 2 fully saturated rings.